The quantitative estimate of drug-likeness (QED) is 0.795. The number of rotatable bonds is 2. The molecule has 82 valence electrons. The third kappa shape index (κ3) is 1.53. The molecule has 2 aliphatic rings. The molecule has 2 unspecified atom stereocenters. The highest BCUT2D eigenvalue weighted by atomic mass is 16.4. The first-order valence-corrected chi connectivity index (χ1v) is 5.76. The largest absolute Gasteiger partial charge is 0.432 e. The molecule has 4 nitrogen and oxygen atoms in total. The van der Waals surface area contributed by atoms with E-state index < -0.39 is 0 Å². The van der Waals surface area contributed by atoms with Crippen molar-refractivity contribution in [3.8, 4) is 0 Å². The third-order valence-electron chi connectivity index (χ3n) is 3.75. The van der Waals surface area contributed by atoms with Crippen molar-refractivity contribution < 1.29 is 4.42 Å². The zero-order valence-corrected chi connectivity index (χ0v) is 8.85. The van der Waals surface area contributed by atoms with Gasteiger partial charge in [-0.3, -0.25) is 0 Å². The minimum Gasteiger partial charge on any atom is -0.432 e. The first-order chi connectivity index (χ1) is 7.36. The summed E-state index contributed by atoms with van der Waals surface area (Å²) in [4.78, 5) is 6.64. The van der Waals surface area contributed by atoms with E-state index in [4.69, 9.17) is 10.2 Å². The number of nitrogens with two attached hydrogens (primary N) is 1. The van der Waals surface area contributed by atoms with E-state index in [1.165, 1.54) is 19.3 Å². The first-order valence-electron chi connectivity index (χ1n) is 5.76. The van der Waals surface area contributed by atoms with Crippen molar-refractivity contribution in [1.82, 2.24) is 4.98 Å². The van der Waals surface area contributed by atoms with E-state index in [0.29, 0.717) is 6.54 Å². The highest BCUT2D eigenvalue weighted by molar-refractivity contribution is 5.30. The fourth-order valence-corrected chi connectivity index (χ4v) is 2.93. The van der Waals surface area contributed by atoms with E-state index in [0.717, 1.165) is 36.6 Å². The molecule has 2 atom stereocenters. The minimum atomic E-state index is 0.462. The molecule has 2 heterocycles. The third-order valence-corrected chi connectivity index (χ3v) is 3.75. The Morgan fingerprint density at radius 2 is 2.13 bits per heavy atom. The minimum absolute atomic E-state index is 0.462. The van der Waals surface area contributed by atoms with Crippen molar-refractivity contribution >= 4 is 6.01 Å². The molecule has 0 bridgehead atoms. The van der Waals surface area contributed by atoms with Crippen LogP contribution in [0, 0.1) is 11.8 Å². The lowest BCUT2D eigenvalue weighted by Gasteiger charge is -2.13. The van der Waals surface area contributed by atoms with Crippen molar-refractivity contribution in [1.29, 1.82) is 0 Å². The van der Waals surface area contributed by atoms with Crippen LogP contribution in [0.15, 0.2) is 10.7 Å². The molecule has 1 saturated carbocycles. The number of fused-ring (bicyclic) bond motifs is 1. The Morgan fingerprint density at radius 3 is 2.73 bits per heavy atom. The van der Waals surface area contributed by atoms with Crippen LogP contribution >= 0.6 is 0 Å². The van der Waals surface area contributed by atoms with Gasteiger partial charge < -0.3 is 15.1 Å². The van der Waals surface area contributed by atoms with E-state index in [1.807, 2.05) is 0 Å². The van der Waals surface area contributed by atoms with Crippen LogP contribution in [-0.2, 0) is 6.54 Å². The van der Waals surface area contributed by atoms with Crippen LogP contribution in [-0.4, -0.2) is 18.1 Å². The summed E-state index contributed by atoms with van der Waals surface area (Å²) < 4.78 is 5.44. The second-order valence-corrected chi connectivity index (χ2v) is 4.68. The Hall–Kier alpha value is -1.03. The van der Waals surface area contributed by atoms with E-state index in [9.17, 15) is 0 Å². The summed E-state index contributed by atoms with van der Waals surface area (Å²) in [6, 6.07) is 0.768. The number of aromatic nitrogens is 1. The number of hydrogen-bond acceptors (Lipinski definition) is 4. The van der Waals surface area contributed by atoms with Crippen LogP contribution in [0.2, 0.25) is 0 Å². The van der Waals surface area contributed by atoms with Crippen molar-refractivity contribution in [3.05, 3.63) is 12.0 Å². The van der Waals surface area contributed by atoms with Crippen molar-refractivity contribution in [2.24, 2.45) is 17.6 Å². The summed E-state index contributed by atoms with van der Waals surface area (Å²) in [5, 5.41) is 0. The fraction of sp³-hybridized carbons (Fsp3) is 0.727. The molecule has 4 heteroatoms. The lowest BCUT2D eigenvalue weighted by molar-refractivity contribution is 0.494. The summed E-state index contributed by atoms with van der Waals surface area (Å²) in [6.07, 6.45) is 5.84. The Labute approximate surface area is 89.5 Å². The second kappa shape index (κ2) is 3.52. The predicted molar refractivity (Wildman–Crippen MR) is 57.4 cm³/mol. The maximum absolute atomic E-state index is 5.51. The molecule has 0 radical (unpaired) electrons. The molecule has 1 saturated heterocycles. The van der Waals surface area contributed by atoms with Crippen molar-refractivity contribution in [2.45, 2.75) is 25.8 Å². The molecule has 3 rings (SSSR count). The molecule has 2 N–H and O–H groups in total. The molecular formula is C11H17N3O. The van der Waals surface area contributed by atoms with Gasteiger partial charge in [0.15, 0.2) is 0 Å². The van der Waals surface area contributed by atoms with Crippen LogP contribution in [0.1, 0.15) is 25.0 Å². The molecule has 1 aromatic rings. The van der Waals surface area contributed by atoms with Crippen molar-refractivity contribution in [3.63, 3.8) is 0 Å². The highest BCUT2D eigenvalue weighted by Crippen LogP contribution is 2.39. The van der Waals surface area contributed by atoms with Gasteiger partial charge in [-0.25, -0.2) is 0 Å². The van der Waals surface area contributed by atoms with E-state index in [2.05, 4.69) is 9.88 Å². The molecule has 0 aromatic carbocycles. The number of hydrogen-bond donors (Lipinski definition) is 1. The average Bonchev–Trinajstić information content (AvgIpc) is 2.91. The van der Waals surface area contributed by atoms with Crippen LogP contribution < -0.4 is 10.6 Å². The lowest BCUT2D eigenvalue weighted by atomic mass is 10.0. The maximum atomic E-state index is 5.51. The Balaban J connectivity index is 1.73. The van der Waals surface area contributed by atoms with Crippen molar-refractivity contribution in [2.75, 3.05) is 18.0 Å². The lowest BCUT2D eigenvalue weighted by Crippen LogP contribution is -2.21. The van der Waals surface area contributed by atoms with Crippen LogP contribution in [0.4, 0.5) is 6.01 Å². The number of nitrogens with zero attached hydrogens (tertiary/aromatic N) is 2. The normalized spacial score (nSPS) is 29.8. The second-order valence-electron chi connectivity index (χ2n) is 4.68. The van der Waals surface area contributed by atoms with Crippen LogP contribution in [0.3, 0.4) is 0 Å². The Kier molecular flexibility index (Phi) is 2.16. The molecule has 15 heavy (non-hydrogen) atoms. The molecule has 0 spiro atoms. The van der Waals surface area contributed by atoms with Gasteiger partial charge >= 0.3 is 0 Å². The van der Waals surface area contributed by atoms with E-state index in [1.54, 1.807) is 6.26 Å². The number of anilines is 1. The van der Waals surface area contributed by atoms with E-state index >= 15 is 0 Å². The Morgan fingerprint density at radius 1 is 1.40 bits per heavy atom. The zero-order chi connectivity index (χ0) is 10.3. The van der Waals surface area contributed by atoms with Gasteiger partial charge in [0.1, 0.15) is 6.26 Å². The SMILES string of the molecule is NCc1coc(N2CC3CCCC3C2)n1. The van der Waals surface area contributed by atoms with Gasteiger partial charge in [-0.15, -0.1) is 0 Å². The van der Waals surface area contributed by atoms with E-state index in [-0.39, 0.29) is 0 Å². The maximum Gasteiger partial charge on any atom is 0.297 e. The van der Waals surface area contributed by atoms with Gasteiger partial charge in [-0.05, 0) is 24.7 Å². The monoisotopic (exact) mass is 207 g/mol. The predicted octanol–water partition coefficient (Wildman–Crippen LogP) is 1.37. The molecule has 0 amide bonds. The molecular weight excluding hydrogens is 190 g/mol. The van der Waals surface area contributed by atoms with Gasteiger partial charge in [0.25, 0.3) is 6.01 Å². The number of oxazole rings is 1. The summed E-state index contributed by atoms with van der Waals surface area (Å²) in [5.74, 6) is 1.75. The smallest absolute Gasteiger partial charge is 0.297 e. The van der Waals surface area contributed by atoms with Gasteiger partial charge in [0.2, 0.25) is 0 Å². The van der Waals surface area contributed by atoms with Gasteiger partial charge in [0, 0.05) is 19.6 Å². The highest BCUT2D eigenvalue weighted by Gasteiger charge is 2.37. The van der Waals surface area contributed by atoms with Gasteiger partial charge in [0.05, 0.1) is 5.69 Å². The molecule has 1 aliphatic carbocycles. The fourth-order valence-electron chi connectivity index (χ4n) is 2.93. The standard InChI is InChI=1S/C11H17N3O/c12-4-10-7-15-11(13-10)14-5-8-2-1-3-9(8)6-14/h7-9H,1-6,12H2. The Bertz CT molecular complexity index is 337. The zero-order valence-electron chi connectivity index (χ0n) is 8.85. The molecule has 1 aliphatic heterocycles. The first kappa shape index (κ1) is 9.21. The van der Waals surface area contributed by atoms with Crippen LogP contribution in [0.5, 0.6) is 0 Å². The van der Waals surface area contributed by atoms with Crippen LogP contribution in [0.25, 0.3) is 0 Å². The summed E-state index contributed by atoms with van der Waals surface area (Å²) in [5.41, 5.74) is 6.36. The van der Waals surface area contributed by atoms with Gasteiger partial charge in [-0.2, -0.15) is 4.98 Å². The molecule has 1 aromatic heterocycles. The summed E-state index contributed by atoms with van der Waals surface area (Å²) in [7, 11) is 0. The average molecular weight is 207 g/mol. The summed E-state index contributed by atoms with van der Waals surface area (Å²) >= 11 is 0. The summed E-state index contributed by atoms with van der Waals surface area (Å²) in [6.45, 7) is 2.70. The van der Waals surface area contributed by atoms with Gasteiger partial charge in [-0.1, -0.05) is 6.42 Å². The molecule has 2 fully saturated rings. The topological polar surface area (TPSA) is 55.3 Å².